The highest BCUT2D eigenvalue weighted by molar-refractivity contribution is 8.17. The molecule has 8 heteroatoms. The van der Waals surface area contributed by atoms with Gasteiger partial charge in [0, 0.05) is 4.88 Å². The first-order chi connectivity index (χ1) is 11.1. The molecule has 3 rings (SSSR count). The molecule has 2 aliphatic rings. The maximum atomic E-state index is 12.5. The monoisotopic (exact) mass is 346 g/mol. The van der Waals surface area contributed by atoms with E-state index in [9.17, 15) is 10.1 Å². The maximum Gasteiger partial charge on any atom is 0.338 e. The van der Waals surface area contributed by atoms with Crippen molar-refractivity contribution < 1.29 is 9.53 Å². The molecular formula is C15H14N4O2S2. The Hall–Kier alpha value is -2.24. The van der Waals surface area contributed by atoms with Gasteiger partial charge in [-0.05, 0) is 37.1 Å². The van der Waals surface area contributed by atoms with Crippen molar-refractivity contribution in [2.45, 2.75) is 19.9 Å². The van der Waals surface area contributed by atoms with Crippen LogP contribution in [0.25, 0.3) is 0 Å². The van der Waals surface area contributed by atoms with Crippen LogP contribution in [0.5, 0.6) is 0 Å². The molecule has 0 unspecified atom stereocenters. The molecule has 0 bridgehead atoms. The zero-order chi connectivity index (χ0) is 16.6. The third-order valence-electron chi connectivity index (χ3n) is 3.49. The molecule has 3 heterocycles. The summed E-state index contributed by atoms with van der Waals surface area (Å²) in [6.07, 6.45) is 0. The van der Waals surface area contributed by atoms with Crippen LogP contribution in [0.1, 0.15) is 24.8 Å². The summed E-state index contributed by atoms with van der Waals surface area (Å²) in [5.74, 6) is -0.0849. The Labute approximate surface area is 141 Å². The molecule has 0 aromatic carbocycles. The Morgan fingerprint density at radius 2 is 2.39 bits per heavy atom. The van der Waals surface area contributed by atoms with Crippen LogP contribution in [0, 0.1) is 11.3 Å². The summed E-state index contributed by atoms with van der Waals surface area (Å²) in [6, 6.07) is 5.52. The fourth-order valence-electron chi connectivity index (χ4n) is 2.53. The molecule has 1 aromatic rings. The molecule has 118 valence electrons. The van der Waals surface area contributed by atoms with Gasteiger partial charge in [0.2, 0.25) is 0 Å². The number of esters is 1. The first kappa shape index (κ1) is 15.6. The molecule has 0 spiro atoms. The first-order valence-corrected chi connectivity index (χ1v) is 8.65. The molecule has 6 nitrogen and oxygen atoms in total. The number of carbonyl (C=O) groups excluding carboxylic acids is 1. The number of thioether (sulfide) groups is 1. The third kappa shape index (κ3) is 2.52. The van der Waals surface area contributed by atoms with E-state index in [0.29, 0.717) is 27.2 Å². The topological polar surface area (TPSA) is 91.7 Å². The number of amidine groups is 1. The number of nitrogens with two attached hydrogens (primary N) is 1. The lowest BCUT2D eigenvalue weighted by Gasteiger charge is -2.33. The second-order valence-electron chi connectivity index (χ2n) is 4.83. The summed E-state index contributed by atoms with van der Waals surface area (Å²) in [4.78, 5) is 20.0. The van der Waals surface area contributed by atoms with Crippen molar-refractivity contribution in [1.29, 1.82) is 5.26 Å². The second-order valence-corrected chi connectivity index (χ2v) is 6.79. The summed E-state index contributed by atoms with van der Waals surface area (Å²) >= 11 is 2.74. The average Bonchev–Trinajstić information content (AvgIpc) is 3.14. The molecular weight excluding hydrogens is 332 g/mol. The highest BCUT2D eigenvalue weighted by atomic mass is 32.2. The van der Waals surface area contributed by atoms with E-state index in [-0.39, 0.29) is 6.61 Å². The van der Waals surface area contributed by atoms with Crippen LogP contribution in [0.2, 0.25) is 0 Å². The Balaban J connectivity index is 2.16. The number of nitriles is 1. The zero-order valence-electron chi connectivity index (χ0n) is 12.6. The van der Waals surface area contributed by atoms with Gasteiger partial charge in [-0.15, -0.1) is 11.3 Å². The lowest BCUT2D eigenvalue weighted by atomic mass is 10.0. The molecule has 2 N–H and O–H groups in total. The number of fused-ring (bicyclic) bond motifs is 1. The normalized spacial score (nSPS) is 20.3. The van der Waals surface area contributed by atoms with Crippen LogP contribution in [0.3, 0.4) is 0 Å². The van der Waals surface area contributed by atoms with Crippen molar-refractivity contribution in [2.75, 3.05) is 6.61 Å². The number of carbonyl (C=O) groups is 1. The van der Waals surface area contributed by atoms with Crippen molar-refractivity contribution in [3.8, 4) is 6.07 Å². The van der Waals surface area contributed by atoms with Gasteiger partial charge >= 0.3 is 5.97 Å². The van der Waals surface area contributed by atoms with Crippen LogP contribution in [0.4, 0.5) is 0 Å². The SMILES string of the molecule is CCOC(=O)C1=C(C)N=C2SC(C#N)=C(N)N2[C@H]1c1cccs1. The van der Waals surface area contributed by atoms with E-state index >= 15 is 0 Å². The molecule has 23 heavy (non-hydrogen) atoms. The Kier molecular flexibility index (Phi) is 4.15. The van der Waals surface area contributed by atoms with Crippen molar-refractivity contribution >= 4 is 34.2 Å². The number of nitrogens with zero attached hydrogens (tertiary/aromatic N) is 3. The quantitative estimate of drug-likeness (QED) is 0.846. The van der Waals surface area contributed by atoms with Crippen molar-refractivity contribution in [1.82, 2.24) is 4.90 Å². The van der Waals surface area contributed by atoms with Gasteiger partial charge in [0.05, 0.1) is 17.9 Å². The van der Waals surface area contributed by atoms with E-state index in [2.05, 4.69) is 11.1 Å². The van der Waals surface area contributed by atoms with Gasteiger partial charge in [0.15, 0.2) is 5.17 Å². The minimum absolute atomic E-state index is 0.285. The Bertz CT molecular complexity index is 787. The van der Waals surface area contributed by atoms with Gasteiger partial charge in [0.1, 0.15) is 22.8 Å². The van der Waals surface area contributed by atoms with E-state index in [1.54, 1.807) is 18.7 Å². The molecule has 2 aliphatic heterocycles. The summed E-state index contributed by atoms with van der Waals surface area (Å²) in [6.45, 7) is 3.82. The number of allylic oxidation sites excluding steroid dienone is 2. The predicted molar refractivity (Wildman–Crippen MR) is 90.1 cm³/mol. The molecule has 0 amide bonds. The van der Waals surface area contributed by atoms with Gasteiger partial charge in [0.25, 0.3) is 0 Å². The molecule has 0 fully saturated rings. The van der Waals surface area contributed by atoms with Gasteiger partial charge in [-0.25, -0.2) is 9.79 Å². The van der Waals surface area contributed by atoms with E-state index in [1.165, 1.54) is 23.1 Å². The number of ether oxygens (including phenoxy) is 1. The van der Waals surface area contributed by atoms with E-state index in [1.807, 2.05) is 17.5 Å². The fraction of sp³-hybridized carbons (Fsp3) is 0.267. The average molecular weight is 346 g/mol. The Morgan fingerprint density at radius 3 is 3.00 bits per heavy atom. The van der Waals surface area contributed by atoms with Crippen molar-refractivity contribution in [3.05, 3.63) is 44.4 Å². The predicted octanol–water partition coefficient (Wildman–Crippen LogP) is 2.70. The lowest BCUT2D eigenvalue weighted by Crippen LogP contribution is -2.38. The first-order valence-electron chi connectivity index (χ1n) is 6.95. The van der Waals surface area contributed by atoms with Gasteiger partial charge < -0.3 is 10.5 Å². The van der Waals surface area contributed by atoms with Crippen molar-refractivity contribution in [3.63, 3.8) is 0 Å². The lowest BCUT2D eigenvalue weighted by molar-refractivity contribution is -0.139. The minimum Gasteiger partial charge on any atom is -0.463 e. The molecule has 0 saturated carbocycles. The zero-order valence-corrected chi connectivity index (χ0v) is 14.2. The summed E-state index contributed by atoms with van der Waals surface area (Å²) in [7, 11) is 0. The number of rotatable bonds is 3. The molecule has 0 aliphatic carbocycles. The second kappa shape index (κ2) is 6.10. The van der Waals surface area contributed by atoms with Gasteiger partial charge in [-0.1, -0.05) is 6.07 Å². The van der Waals surface area contributed by atoms with Gasteiger partial charge in [-0.3, -0.25) is 4.90 Å². The largest absolute Gasteiger partial charge is 0.463 e. The third-order valence-corrected chi connectivity index (χ3v) is 5.39. The van der Waals surface area contributed by atoms with E-state index < -0.39 is 12.0 Å². The molecule has 1 atom stereocenters. The summed E-state index contributed by atoms with van der Waals surface area (Å²) in [5.41, 5.74) is 7.18. The van der Waals surface area contributed by atoms with Gasteiger partial charge in [-0.2, -0.15) is 5.26 Å². The van der Waals surface area contributed by atoms with Crippen LogP contribution in [0.15, 0.2) is 44.5 Å². The standard InChI is InChI=1S/C15H14N4O2S2/c1-3-21-14(20)11-8(2)18-15-19(13(17)10(7-16)23-15)12(11)9-5-4-6-22-9/h4-6,12H,3,17H2,1-2H3/t12-/m0/s1. The van der Waals surface area contributed by atoms with Crippen LogP contribution >= 0.6 is 23.1 Å². The number of hydrogen-bond donors (Lipinski definition) is 1. The number of hydrogen-bond acceptors (Lipinski definition) is 8. The number of aliphatic imine (C=N–C) groups is 1. The maximum absolute atomic E-state index is 12.5. The molecule has 0 radical (unpaired) electrons. The van der Waals surface area contributed by atoms with Crippen LogP contribution in [-0.4, -0.2) is 22.6 Å². The fourth-order valence-corrected chi connectivity index (χ4v) is 4.27. The number of thiophene rings is 1. The van der Waals surface area contributed by atoms with Crippen LogP contribution < -0.4 is 5.73 Å². The summed E-state index contributed by atoms with van der Waals surface area (Å²) in [5, 5.41) is 11.8. The molecule has 0 saturated heterocycles. The van der Waals surface area contributed by atoms with Crippen LogP contribution in [-0.2, 0) is 9.53 Å². The highest BCUT2D eigenvalue weighted by Gasteiger charge is 2.42. The highest BCUT2D eigenvalue weighted by Crippen LogP contribution is 2.46. The Morgan fingerprint density at radius 1 is 1.61 bits per heavy atom. The van der Waals surface area contributed by atoms with E-state index in [0.717, 1.165) is 4.88 Å². The van der Waals surface area contributed by atoms with E-state index in [4.69, 9.17) is 10.5 Å². The smallest absolute Gasteiger partial charge is 0.338 e. The van der Waals surface area contributed by atoms with Crippen molar-refractivity contribution in [2.24, 2.45) is 10.7 Å². The minimum atomic E-state index is -0.417. The summed E-state index contributed by atoms with van der Waals surface area (Å²) < 4.78 is 5.20. The molecule has 1 aromatic heterocycles.